The van der Waals surface area contributed by atoms with Crippen molar-refractivity contribution in [1.82, 2.24) is 0 Å². The van der Waals surface area contributed by atoms with Crippen molar-refractivity contribution in [3.8, 4) is 5.75 Å². The van der Waals surface area contributed by atoms with E-state index in [0.29, 0.717) is 0 Å². The number of hydrogen-bond donors (Lipinski definition) is 0. The average molecular weight is 281 g/mol. The van der Waals surface area contributed by atoms with Gasteiger partial charge in [0, 0.05) is 12.5 Å². The Morgan fingerprint density at radius 3 is 2.80 bits per heavy atom. The Morgan fingerprint density at radius 2 is 2.25 bits per heavy atom. The molecule has 106 valence electrons. The fourth-order valence-corrected chi connectivity index (χ4v) is 1.74. The van der Waals surface area contributed by atoms with Crippen molar-refractivity contribution in [3.05, 3.63) is 33.9 Å². The van der Waals surface area contributed by atoms with Crippen molar-refractivity contribution >= 4 is 17.6 Å². The van der Waals surface area contributed by atoms with E-state index >= 15 is 0 Å². The average Bonchev–Trinajstić information content (AvgIpc) is 2.83. The lowest BCUT2D eigenvalue weighted by Gasteiger charge is -2.09. The first-order valence-corrected chi connectivity index (χ1v) is 5.73. The first kappa shape index (κ1) is 13.8. The summed E-state index contributed by atoms with van der Waals surface area (Å²) < 4.78 is 14.4. The number of esters is 2. The Hall–Kier alpha value is -2.64. The Bertz CT molecular complexity index is 569. The fraction of sp³-hybridized carbons (Fsp3) is 0.333. The van der Waals surface area contributed by atoms with Crippen molar-refractivity contribution in [3.63, 3.8) is 0 Å². The van der Waals surface area contributed by atoms with Crippen LogP contribution in [0, 0.1) is 10.1 Å². The van der Waals surface area contributed by atoms with Gasteiger partial charge < -0.3 is 14.2 Å². The fourth-order valence-electron chi connectivity index (χ4n) is 1.74. The number of ether oxygens (including phenoxy) is 3. The lowest BCUT2D eigenvalue weighted by molar-refractivity contribution is -0.385. The Labute approximate surface area is 113 Å². The number of nitro benzene ring substituents is 1. The minimum atomic E-state index is -0.955. The molecule has 0 aliphatic carbocycles. The molecular formula is C12H11NO7. The summed E-state index contributed by atoms with van der Waals surface area (Å²) in [5.74, 6) is -1.40. The summed E-state index contributed by atoms with van der Waals surface area (Å²) in [5.41, 5.74) is -0.381. The maximum absolute atomic E-state index is 11.8. The van der Waals surface area contributed by atoms with Gasteiger partial charge >= 0.3 is 17.6 Å². The predicted molar refractivity (Wildman–Crippen MR) is 64.4 cm³/mol. The van der Waals surface area contributed by atoms with Gasteiger partial charge in [-0.05, 0) is 12.1 Å². The summed E-state index contributed by atoms with van der Waals surface area (Å²) in [7, 11) is 1.29. The van der Waals surface area contributed by atoms with Gasteiger partial charge in [0.25, 0.3) is 0 Å². The van der Waals surface area contributed by atoms with Crippen LogP contribution in [0.2, 0.25) is 0 Å². The van der Waals surface area contributed by atoms with Gasteiger partial charge in [0.1, 0.15) is 0 Å². The monoisotopic (exact) mass is 281 g/mol. The molecule has 1 aromatic carbocycles. The van der Waals surface area contributed by atoms with Crippen molar-refractivity contribution < 1.29 is 28.7 Å². The number of nitrogens with zero attached hydrogens (tertiary/aromatic N) is 1. The van der Waals surface area contributed by atoms with E-state index < -0.39 is 23.0 Å². The van der Waals surface area contributed by atoms with Crippen molar-refractivity contribution in [2.45, 2.75) is 12.5 Å². The molecular weight excluding hydrogens is 270 g/mol. The van der Waals surface area contributed by atoms with E-state index in [-0.39, 0.29) is 30.0 Å². The maximum atomic E-state index is 11.8. The smallest absolute Gasteiger partial charge is 0.347 e. The minimum absolute atomic E-state index is 0.0304. The first-order valence-electron chi connectivity index (χ1n) is 5.73. The second kappa shape index (κ2) is 5.55. The zero-order valence-corrected chi connectivity index (χ0v) is 10.5. The highest BCUT2D eigenvalue weighted by Gasteiger charge is 2.31. The standard InChI is InChI=1S/C12H11NO7/c1-18-9-3-2-7(6-8(9)13(16)17)11(14)20-10-4-5-19-12(10)15/h2-3,6,10H,4-5H2,1H3/t10-/m1/s1. The Balaban J connectivity index is 2.19. The topological polar surface area (TPSA) is 105 Å². The van der Waals surface area contributed by atoms with Crippen LogP contribution in [-0.4, -0.2) is 36.7 Å². The first-order chi connectivity index (χ1) is 9.52. The third-order valence-corrected chi connectivity index (χ3v) is 2.75. The van der Waals surface area contributed by atoms with Gasteiger partial charge in [0.15, 0.2) is 5.75 Å². The molecule has 2 rings (SSSR count). The van der Waals surface area contributed by atoms with Gasteiger partial charge in [-0.2, -0.15) is 0 Å². The van der Waals surface area contributed by atoms with E-state index in [9.17, 15) is 19.7 Å². The van der Waals surface area contributed by atoms with E-state index in [4.69, 9.17) is 9.47 Å². The second-order valence-corrected chi connectivity index (χ2v) is 3.99. The minimum Gasteiger partial charge on any atom is -0.490 e. The molecule has 1 aromatic rings. The zero-order chi connectivity index (χ0) is 14.7. The SMILES string of the molecule is COc1ccc(C(=O)O[C@@H]2CCOC2=O)cc1[N+](=O)[O-]. The molecule has 0 N–H and O–H groups in total. The molecule has 0 radical (unpaired) electrons. The molecule has 1 atom stereocenters. The van der Waals surface area contributed by atoms with Gasteiger partial charge in [-0.3, -0.25) is 10.1 Å². The number of carbonyl (C=O) groups excluding carboxylic acids is 2. The van der Waals surface area contributed by atoms with Crippen molar-refractivity contribution in [2.75, 3.05) is 13.7 Å². The number of methoxy groups -OCH3 is 1. The van der Waals surface area contributed by atoms with E-state index in [1.165, 1.54) is 19.2 Å². The molecule has 0 unspecified atom stereocenters. The summed E-state index contributed by atoms with van der Waals surface area (Å²) in [6.45, 7) is 0.194. The highest BCUT2D eigenvalue weighted by Crippen LogP contribution is 2.28. The van der Waals surface area contributed by atoms with Crippen LogP contribution >= 0.6 is 0 Å². The summed E-state index contributed by atoms with van der Waals surface area (Å²) >= 11 is 0. The molecule has 1 aliphatic rings. The van der Waals surface area contributed by atoms with Gasteiger partial charge in [0.05, 0.1) is 24.2 Å². The molecule has 0 spiro atoms. The second-order valence-electron chi connectivity index (χ2n) is 3.99. The number of cyclic esters (lactones) is 1. The van der Waals surface area contributed by atoms with Gasteiger partial charge in [0.2, 0.25) is 6.10 Å². The van der Waals surface area contributed by atoms with Crippen LogP contribution < -0.4 is 4.74 Å². The van der Waals surface area contributed by atoms with Crippen LogP contribution in [0.1, 0.15) is 16.8 Å². The number of nitro groups is 1. The molecule has 0 bridgehead atoms. The molecule has 20 heavy (non-hydrogen) atoms. The summed E-state index contributed by atoms with van der Waals surface area (Å²) in [6, 6.07) is 3.66. The lowest BCUT2D eigenvalue weighted by atomic mass is 10.2. The Kier molecular flexibility index (Phi) is 3.83. The molecule has 0 aromatic heterocycles. The van der Waals surface area contributed by atoms with Crippen molar-refractivity contribution in [1.29, 1.82) is 0 Å². The normalized spacial score (nSPS) is 17.4. The summed E-state index contributed by atoms with van der Waals surface area (Å²) in [4.78, 5) is 33.2. The number of carbonyl (C=O) groups is 2. The molecule has 8 nitrogen and oxygen atoms in total. The molecule has 0 amide bonds. The van der Waals surface area contributed by atoms with Crippen LogP contribution in [-0.2, 0) is 14.3 Å². The van der Waals surface area contributed by atoms with E-state index in [2.05, 4.69) is 4.74 Å². The largest absolute Gasteiger partial charge is 0.490 e. The summed E-state index contributed by atoms with van der Waals surface area (Å²) in [5, 5.41) is 10.9. The molecule has 1 heterocycles. The molecule has 8 heteroatoms. The van der Waals surface area contributed by atoms with Gasteiger partial charge in [-0.1, -0.05) is 0 Å². The number of benzene rings is 1. The third kappa shape index (κ3) is 2.68. The van der Waals surface area contributed by atoms with Crippen LogP contribution in [0.3, 0.4) is 0 Å². The van der Waals surface area contributed by atoms with E-state index in [1.54, 1.807) is 0 Å². The van der Waals surface area contributed by atoms with E-state index in [0.717, 1.165) is 6.07 Å². The van der Waals surface area contributed by atoms with Crippen molar-refractivity contribution in [2.24, 2.45) is 0 Å². The van der Waals surface area contributed by atoms with Crippen LogP contribution in [0.25, 0.3) is 0 Å². The highest BCUT2D eigenvalue weighted by molar-refractivity contribution is 5.92. The Morgan fingerprint density at radius 1 is 1.50 bits per heavy atom. The highest BCUT2D eigenvalue weighted by atomic mass is 16.6. The molecule has 1 aliphatic heterocycles. The molecule has 1 fully saturated rings. The lowest BCUT2D eigenvalue weighted by Crippen LogP contribution is -2.22. The van der Waals surface area contributed by atoms with Gasteiger partial charge in [-0.25, -0.2) is 9.59 Å². The third-order valence-electron chi connectivity index (χ3n) is 2.75. The molecule has 0 saturated carbocycles. The van der Waals surface area contributed by atoms with Crippen LogP contribution in [0.15, 0.2) is 18.2 Å². The van der Waals surface area contributed by atoms with Gasteiger partial charge in [-0.15, -0.1) is 0 Å². The number of hydrogen-bond acceptors (Lipinski definition) is 7. The summed E-state index contributed by atoms with van der Waals surface area (Å²) in [6.07, 6.45) is -0.674. The quantitative estimate of drug-likeness (QED) is 0.461. The maximum Gasteiger partial charge on any atom is 0.347 e. The number of rotatable bonds is 4. The zero-order valence-electron chi connectivity index (χ0n) is 10.5. The van der Waals surface area contributed by atoms with E-state index in [1.807, 2.05) is 0 Å². The van der Waals surface area contributed by atoms with Crippen LogP contribution in [0.4, 0.5) is 5.69 Å². The predicted octanol–water partition coefficient (Wildman–Crippen LogP) is 1.08. The van der Waals surface area contributed by atoms with Crippen LogP contribution in [0.5, 0.6) is 5.75 Å². The molecule has 1 saturated heterocycles.